The van der Waals surface area contributed by atoms with Crippen molar-refractivity contribution in [2.75, 3.05) is 0 Å². The molecule has 0 aromatic heterocycles. The molecule has 0 aliphatic heterocycles. The lowest BCUT2D eigenvalue weighted by molar-refractivity contribution is 0.821. The molecule has 0 atom stereocenters. The van der Waals surface area contributed by atoms with Crippen molar-refractivity contribution in [1.82, 2.24) is 0 Å². The second kappa shape index (κ2) is 5.72. The lowest BCUT2D eigenvalue weighted by atomic mass is 10.0. The predicted molar refractivity (Wildman–Crippen MR) is 69.9 cm³/mol. The molecular formula is C15H15Cl. The zero-order valence-corrected chi connectivity index (χ0v) is 9.95. The highest BCUT2D eigenvalue weighted by Crippen LogP contribution is 2.17. The fourth-order valence-electron chi connectivity index (χ4n) is 1.83. The van der Waals surface area contributed by atoms with Crippen LogP contribution in [0.1, 0.15) is 17.5 Å². The van der Waals surface area contributed by atoms with Crippen LogP contribution in [0.3, 0.4) is 0 Å². The van der Waals surface area contributed by atoms with Crippen molar-refractivity contribution in [3.8, 4) is 0 Å². The van der Waals surface area contributed by atoms with Crippen LogP contribution >= 0.6 is 11.6 Å². The van der Waals surface area contributed by atoms with E-state index in [2.05, 4.69) is 36.4 Å². The van der Waals surface area contributed by atoms with E-state index in [1.165, 1.54) is 11.1 Å². The van der Waals surface area contributed by atoms with Crippen LogP contribution in [-0.4, -0.2) is 0 Å². The molecule has 0 nitrogen and oxygen atoms in total. The van der Waals surface area contributed by atoms with Gasteiger partial charge in [-0.3, -0.25) is 0 Å². The molecule has 1 heteroatoms. The van der Waals surface area contributed by atoms with E-state index in [-0.39, 0.29) is 0 Å². The molecule has 2 aromatic rings. The molecule has 16 heavy (non-hydrogen) atoms. The summed E-state index contributed by atoms with van der Waals surface area (Å²) < 4.78 is 0. The van der Waals surface area contributed by atoms with Gasteiger partial charge in [0.25, 0.3) is 0 Å². The van der Waals surface area contributed by atoms with Gasteiger partial charge in [-0.25, -0.2) is 0 Å². The van der Waals surface area contributed by atoms with Crippen molar-refractivity contribution in [2.24, 2.45) is 0 Å². The van der Waals surface area contributed by atoms with Crippen LogP contribution in [0.5, 0.6) is 0 Å². The highest BCUT2D eigenvalue weighted by Gasteiger charge is 1.98. The SMILES string of the molecule is Clc1ccccc1CCCc1ccccc1. The number of halogens is 1. The Morgan fingerprint density at radius 2 is 1.44 bits per heavy atom. The van der Waals surface area contributed by atoms with Crippen molar-refractivity contribution in [3.05, 3.63) is 70.7 Å². The summed E-state index contributed by atoms with van der Waals surface area (Å²) in [6, 6.07) is 18.7. The van der Waals surface area contributed by atoms with Crippen molar-refractivity contribution >= 4 is 11.6 Å². The van der Waals surface area contributed by atoms with Gasteiger partial charge in [0.05, 0.1) is 0 Å². The van der Waals surface area contributed by atoms with E-state index in [9.17, 15) is 0 Å². The largest absolute Gasteiger partial charge is 0.0840 e. The van der Waals surface area contributed by atoms with Gasteiger partial charge in [-0.15, -0.1) is 0 Å². The van der Waals surface area contributed by atoms with Crippen LogP contribution in [0.2, 0.25) is 5.02 Å². The fraction of sp³-hybridized carbons (Fsp3) is 0.200. The zero-order valence-electron chi connectivity index (χ0n) is 9.20. The molecule has 82 valence electrons. The van der Waals surface area contributed by atoms with Crippen molar-refractivity contribution in [1.29, 1.82) is 0 Å². The third-order valence-corrected chi connectivity index (χ3v) is 3.08. The summed E-state index contributed by atoms with van der Waals surface area (Å²) >= 11 is 6.11. The second-order valence-corrected chi connectivity index (χ2v) is 4.34. The molecule has 0 aliphatic rings. The average Bonchev–Trinajstić information content (AvgIpc) is 2.33. The molecule has 0 amide bonds. The Bertz CT molecular complexity index is 434. The first-order chi connectivity index (χ1) is 7.86. The fourth-order valence-corrected chi connectivity index (χ4v) is 2.06. The van der Waals surface area contributed by atoms with Gasteiger partial charge in [-0.05, 0) is 36.5 Å². The molecule has 0 heterocycles. The highest BCUT2D eigenvalue weighted by molar-refractivity contribution is 6.31. The average molecular weight is 231 g/mol. The maximum atomic E-state index is 6.11. The van der Waals surface area contributed by atoms with E-state index in [4.69, 9.17) is 11.6 Å². The van der Waals surface area contributed by atoms with Gasteiger partial charge in [0, 0.05) is 5.02 Å². The van der Waals surface area contributed by atoms with E-state index in [1.807, 2.05) is 18.2 Å². The normalized spacial score (nSPS) is 10.3. The first-order valence-electron chi connectivity index (χ1n) is 5.63. The minimum absolute atomic E-state index is 0.885. The van der Waals surface area contributed by atoms with Crippen molar-refractivity contribution < 1.29 is 0 Å². The molecular weight excluding hydrogens is 216 g/mol. The number of hydrogen-bond acceptors (Lipinski definition) is 0. The minimum atomic E-state index is 0.885. The summed E-state index contributed by atoms with van der Waals surface area (Å²) in [5, 5.41) is 0.885. The molecule has 0 saturated heterocycles. The van der Waals surface area contributed by atoms with E-state index >= 15 is 0 Å². The van der Waals surface area contributed by atoms with Crippen LogP contribution in [-0.2, 0) is 12.8 Å². The van der Waals surface area contributed by atoms with Gasteiger partial charge in [0.1, 0.15) is 0 Å². The highest BCUT2D eigenvalue weighted by atomic mass is 35.5. The Morgan fingerprint density at radius 3 is 2.19 bits per heavy atom. The first-order valence-corrected chi connectivity index (χ1v) is 6.01. The molecule has 0 radical (unpaired) electrons. The van der Waals surface area contributed by atoms with Gasteiger partial charge in [-0.2, -0.15) is 0 Å². The zero-order chi connectivity index (χ0) is 11.2. The summed E-state index contributed by atoms with van der Waals surface area (Å²) in [4.78, 5) is 0. The lowest BCUT2D eigenvalue weighted by Gasteiger charge is -2.04. The maximum Gasteiger partial charge on any atom is 0.0437 e. The molecule has 0 unspecified atom stereocenters. The Labute approximate surface area is 102 Å². The van der Waals surface area contributed by atoms with E-state index in [0.29, 0.717) is 0 Å². The Morgan fingerprint density at radius 1 is 0.750 bits per heavy atom. The second-order valence-electron chi connectivity index (χ2n) is 3.93. The minimum Gasteiger partial charge on any atom is -0.0840 e. The Kier molecular flexibility index (Phi) is 4.01. The van der Waals surface area contributed by atoms with Crippen LogP contribution in [0.4, 0.5) is 0 Å². The lowest BCUT2D eigenvalue weighted by Crippen LogP contribution is -1.90. The summed E-state index contributed by atoms with van der Waals surface area (Å²) in [5.41, 5.74) is 2.65. The summed E-state index contributed by atoms with van der Waals surface area (Å²) in [6.45, 7) is 0. The molecule has 0 saturated carbocycles. The van der Waals surface area contributed by atoms with Gasteiger partial charge < -0.3 is 0 Å². The van der Waals surface area contributed by atoms with E-state index < -0.39 is 0 Å². The smallest absolute Gasteiger partial charge is 0.0437 e. The Balaban J connectivity index is 1.87. The topological polar surface area (TPSA) is 0 Å². The number of rotatable bonds is 4. The van der Waals surface area contributed by atoms with Crippen LogP contribution < -0.4 is 0 Å². The molecule has 0 aliphatic carbocycles. The third-order valence-electron chi connectivity index (χ3n) is 2.71. The van der Waals surface area contributed by atoms with Gasteiger partial charge >= 0.3 is 0 Å². The third kappa shape index (κ3) is 3.11. The monoisotopic (exact) mass is 230 g/mol. The molecule has 0 N–H and O–H groups in total. The maximum absolute atomic E-state index is 6.11. The van der Waals surface area contributed by atoms with Gasteiger partial charge in [-0.1, -0.05) is 60.1 Å². The first kappa shape index (κ1) is 11.2. The number of aryl methyl sites for hydroxylation is 2. The van der Waals surface area contributed by atoms with Crippen molar-refractivity contribution in [3.63, 3.8) is 0 Å². The predicted octanol–water partition coefficient (Wildman–Crippen LogP) is 4.52. The summed E-state index contributed by atoms with van der Waals surface area (Å²) in [5.74, 6) is 0. The summed E-state index contributed by atoms with van der Waals surface area (Å²) in [7, 11) is 0. The van der Waals surface area contributed by atoms with Crippen LogP contribution in [0.15, 0.2) is 54.6 Å². The molecule has 0 fully saturated rings. The quantitative estimate of drug-likeness (QED) is 0.725. The molecule has 2 rings (SSSR count). The number of benzene rings is 2. The van der Waals surface area contributed by atoms with Crippen LogP contribution in [0, 0.1) is 0 Å². The van der Waals surface area contributed by atoms with Crippen LogP contribution in [0.25, 0.3) is 0 Å². The molecule has 0 bridgehead atoms. The van der Waals surface area contributed by atoms with Crippen molar-refractivity contribution in [2.45, 2.75) is 19.3 Å². The van der Waals surface area contributed by atoms with Gasteiger partial charge in [0.2, 0.25) is 0 Å². The summed E-state index contributed by atoms with van der Waals surface area (Å²) in [6.07, 6.45) is 3.31. The standard InChI is InChI=1S/C15H15Cl/c16-15-12-5-4-10-14(15)11-6-9-13-7-2-1-3-8-13/h1-5,7-8,10,12H,6,9,11H2. The van der Waals surface area contributed by atoms with E-state index in [0.717, 1.165) is 24.3 Å². The Hall–Kier alpha value is -1.27. The molecule has 2 aromatic carbocycles. The van der Waals surface area contributed by atoms with E-state index in [1.54, 1.807) is 0 Å². The number of hydrogen-bond donors (Lipinski definition) is 0. The molecule has 0 spiro atoms. The van der Waals surface area contributed by atoms with Gasteiger partial charge in [0.15, 0.2) is 0 Å².